The quantitative estimate of drug-likeness (QED) is 0.652. The molecule has 0 saturated heterocycles. The molecule has 0 spiro atoms. The number of carbonyl (C=O) groups is 2. The van der Waals surface area contributed by atoms with Gasteiger partial charge in [0.25, 0.3) is 0 Å². The first-order valence-corrected chi connectivity index (χ1v) is 8.87. The maximum atomic E-state index is 13.0. The molecule has 0 radical (unpaired) electrons. The Balaban J connectivity index is 2.17. The Hall–Kier alpha value is -1.88. The molecule has 2 aliphatic rings. The molecule has 0 unspecified atom stereocenters. The zero-order valence-corrected chi connectivity index (χ0v) is 15.5. The fraction of sp³-hybridized carbons (Fsp3) is 0.600. The molecule has 1 aromatic rings. The summed E-state index contributed by atoms with van der Waals surface area (Å²) in [6.45, 7) is 9.37. The van der Waals surface area contributed by atoms with Gasteiger partial charge in [-0.25, -0.2) is 4.79 Å². The molecule has 2 aliphatic carbocycles. The third kappa shape index (κ3) is 2.48. The molecule has 0 aliphatic heterocycles. The maximum Gasteiger partial charge on any atom is 0.334 e. The van der Waals surface area contributed by atoms with Crippen molar-refractivity contribution in [2.75, 3.05) is 0 Å². The summed E-state index contributed by atoms with van der Waals surface area (Å²) in [4.78, 5) is 25.5. The van der Waals surface area contributed by atoms with Crippen LogP contribution in [0, 0.1) is 24.2 Å². The van der Waals surface area contributed by atoms with E-state index in [-0.39, 0.29) is 17.5 Å². The lowest BCUT2D eigenvalue weighted by Crippen LogP contribution is -2.55. The molecule has 1 aromatic heterocycles. The first kappa shape index (κ1) is 17.9. The van der Waals surface area contributed by atoms with Crippen molar-refractivity contribution in [3.63, 3.8) is 0 Å². The van der Waals surface area contributed by atoms with Crippen molar-refractivity contribution in [3.8, 4) is 0 Å². The van der Waals surface area contributed by atoms with Gasteiger partial charge < -0.3 is 14.3 Å². The van der Waals surface area contributed by atoms with Gasteiger partial charge in [-0.15, -0.1) is 0 Å². The Morgan fingerprint density at radius 3 is 2.76 bits per heavy atom. The number of furan rings is 1. The lowest BCUT2D eigenvalue weighted by Gasteiger charge is -2.53. The maximum absolute atomic E-state index is 13.0. The number of rotatable bonds is 2. The van der Waals surface area contributed by atoms with Crippen molar-refractivity contribution in [1.82, 2.24) is 0 Å². The summed E-state index contributed by atoms with van der Waals surface area (Å²) in [6.07, 6.45) is 3.22. The Morgan fingerprint density at radius 2 is 2.12 bits per heavy atom. The molecule has 5 nitrogen and oxygen atoms in total. The number of hydrogen-bond acceptors (Lipinski definition) is 5. The van der Waals surface area contributed by atoms with Gasteiger partial charge in [0, 0.05) is 16.6 Å². The molecular formula is C20H26O5. The Kier molecular flexibility index (Phi) is 4.40. The number of carbonyl (C=O) groups excluding carboxylic acids is 2. The summed E-state index contributed by atoms with van der Waals surface area (Å²) in [5, 5.41) is 10.6. The average molecular weight is 346 g/mol. The van der Waals surface area contributed by atoms with Crippen molar-refractivity contribution in [2.24, 2.45) is 17.3 Å². The fourth-order valence-electron chi connectivity index (χ4n) is 4.42. The van der Waals surface area contributed by atoms with E-state index in [0.717, 1.165) is 12.0 Å². The lowest BCUT2D eigenvalue weighted by atomic mass is 9.53. The largest absolute Gasteiger partial charge is 0.460 e. The number of allylic oxidation sites excluding steroid dienone is 1. The van der Waals surface area contributed by atoms with Crippen molar-refractivity contribution in [3.05, 3.63) is 34.8 Å². The predicted octanol–water partition coefficient (Wildman–Crippen LogP) is 3.75. The van der Waals surface area contributed by atoms with E-state index in [4.69, 9.17) is 9.15 Å². The standard InChI is InChI=1S/C20H26O5/c1-6-10(2)19(23)25-18-14-11(3)9-24-17(14)16(22)15-13(21)8-7-12(4)20(15,18)5/h6,9,12-13,15,18,21H,7-8H2,1-5H3/b10-6+/t12-,13-,15-,18+,20+/m0/s1. The second kappa shape index (κ2) is 6.13. The highest BCUT2D eigenvalue weighted by atomic mass is 16.5. The van der Waals surface area contributed by atoms with Crippen molar-refractivity contribution in [2.45, 2.75) is 59.7 Å². The molecule has 1 heterocycles. The molecule has 0 bridgehead atoms. The highest BCUT2D eigenvalue weighted by molar-refractivity contribution is 6.00. The number of ether oxygens (including phenoxy) is 1. The van der Waals surface area contributed by atoms with E-state index in [9.17, 15) is 14.7 Å². The molecule has 1 fully saturated rings. The second-order valence-electron chi connectivity index (χ2n) is 7.67. The van der Waals surface area contributed by atoms with E-state index in [2.05, 4.69) is 6.92 Å². The minimum atomic E-state index is -0.753. The summed E-state index contributed by atoms with van der Waals surface area (Å²) >= 11 is 0. The summed E-state index contributed by atoms with van der Waals surface area (Å²) in [6, 6.07) is 0. The normalized spacial score (nSPS) is 35.1. The first-order chi connectivity index (χ1) is 11.7. The van der Waals surface area contributed by atoms with Gasteiger partial charge in [-0.3, -0.25) is 4.79 Å². The topological polar surface area (TPSA) is 76.7 Å². The van der Waals surface area contributed by atoms with E-state index in [1.807, 2.05) is 13.8 Å². The van der Waals surface area contributed by atoms with Crippen LogP contribution in [-0.4, -0.2) is 23.0 Å². The van der Waals surface area contributed by atoms with Crippen LogP contribution in [0.2, 0.25) is 0 Å². The first-order valence-electron chi connectivity index (χ1n) is 8.87. The van der Waals surface area contributed by atoms with Crippen LogP contribution < -0.4 is 0 Å². The average Bonchev–Trinajstić information content (AvgIpc) is 2.96. The Morgan fingerprint density at radius 1 is 1.44 bits per heavy atom. The number of aryl methyl sites for hydroxylation is 1. The molecule has 0 aromatic carbocycles. The number of Topliss-reactive ketones (excluding diaryl/α,β-unsaturated/α-hetero) is 1. The van der Waals surface area contributed by atoms with Crippen LogP contribution in [0.1, 0.15) is 68.3 Å². The third-order valence-electron chi connectivity index (χ3n) is 6.35. The molecule has 1 N–H and O–H groups in total. The molecular weight excluding hydrogens is 320 g/mol. The molecule has 5 atom stereocenters. The zero-order chi connectivity index (χ0) is 18.5. The predicted molar refractivity (Wildman–Crippen MR) is 92.0 cm³/mol. The van der Waals surface area contributed by atoms with Crippen LogP contribution in [-0.2, 0) is 9.53 Å². The molecule has 25 heavy (non-hydrogen) atoms. The van der Waals surface area contributed by atoms with Crippen LogP contribution in [0.15, 0.2) is 22.3 Å². The van der Waals surface area contributed by atoms with Crippen LogP contribution in [0.4, 0.5) is 0 Å². The second-order valence-corrected chi connectivity index (χ2v) is 7.67. The smallest absolute Gasteiger partial charge is 0.334 e. The minimum absolute atomic E-state index is 0.121. The lowest BCUT2D eigenvalue weighted by molar-refractivity contribution is -0.168. The Labute approximate surface area is 148 Å². The number of esters is 1. The van der Waals surface area contributed by atoms with E-state index >= 15 is 0 Å². The van der Waals surface area contributed by atoms with Crippen LogP contribution >= 0.6 is 0 Å². The molecule has 1 saturated carbocycles. The molecule has 3 rings (SSSR count). The number of ketones is 1. The van der Waals surface area contributed by atoms with Crippen LogP contribution in [0.3, 0.4) is 0 Å². The monoisotopic (exact) mass is 346 g/mol. The zero-order valence-electron chi connectivity index (χ0n) is 15.5. The van der Waals surface area contributed by atoms with Gasteiger partial charge in [0.15, 0.2) is 5.76 Å². The van der Waals surface area contributed by atoms with Gasteiger partial charge in [-0.1, -0.05) is 19.9 Å². The van der Waals surface area contributed by atoms with Crippen molar-refractivity contribution < 1.29 is 23.8 Å². The third-order valence-corrected chi connectivity index (χ3v) is 6.35. The van der Waals surface area contributed by atoms with E-state index in [1.54, 1.807) is 19.9 Å². The van der Waals surface area contributed by atoms with E-state index in [1.165, 1.54) is 6.26 Å². The SMILES string of the molecule is C/C=C(\C)C(=O)O[C@@H]1c2c(C)coc2C(=O)[C@@H]2[C@@H](O)CC[C@H](C)[C@@]12C. The van der Waals surface area contributed by atoms with Crippen molar-refractivity contribution >= 4 is 11.8 Å². The van der Waals surface area contributed by atoms with Crippen LogP contribution in [0.5, 0.6) is 0 Å². The van der Waals surface area contributed by atoms with Gasteiger partial charge in [0.1, 0.15) is 6.10 Å². The van der Waals surface area contributed by atoms with E-state index < -0.39 is 29.5 Å². The van der Waals surface area contributed by atoms with Crippen LogP contribution in [0.25, 0.3) is 0 Å². The number of aliphatic hydroxyl groups is 1. The van der Waals surface area contributed by atoms with Gasteiger partial charge in [0.2, 0.25) is 5.78 Å². The number of fused-ring (bicyclic) bond motifs is 2. The molecule has 136 valence electrons. The highest BCUT2D eigenvalue weighted by Gasteiger charge is 2.61. The summed E-state index contributed by atoms with van der Waals surface area (Å²) in [5.74, 6) is -0.863. The van der Waals surface area contributed by atoms with Crippen molar-refractivity contribution in [1.29, 1.82) is 0 Å². The van der Waals surface area contributed by atoms with Gasteiger partial charge in [-0.2, -0.15) is 0 Å². The summed E-state index contributed by atoms with van der Waals surface area (Å²) < 4.78 is 11.4. The highest BCUT2D eigenvalue weighted by Crippen LogP contribution is 2.59. The number of aliphatic hydroxyl groups excluding tert-OH is 1. The minimum Gasteiger partial charge on any atom is -0.460 e. The summed E-state index contributed by atoms with van der Waals surface area (Å²) in [7, 11) is 0. The number of hydrogen-bond donors (Lipinski definition) is 1. The van der Waals surface area contributed by atoms with Gasteiger partial charge >= 0.3 is 5.97 Å². The van der Waals surface area contributed by atoms with E-state index in [0.29, 0.717) is 17.6 Å². The Bertz CT molecular complexity index is 743. The summed E-state index contributed by atoms with van der Waals surface area (Å²) in [5.41, 5.74) is 1.30. The fourth-order valence-corrected chi connectivity index (χ4v) is 4.42. The van der Waals surface area contributed by atoms with Gasteiger partial charge in [0.05, 0.1) is 18.3 Å². The van der Waals surface area contributed by atoms with Gasteiger partial charge in [-0.05, 0) is 45.1 Å². The molecule has 0 amide bonds. The molecule has 5 heteroatoms.